The first-order chi connectivity index (χ1) is 12.2. The summed E-state index contributed by atoms with van der Waals surface area (Å²) in [7, 11) is 0. The van der Waals surface area contributed by atoms with Crippen molar-refractivity contribution < 1.29 is 19.4 Å². The molecule has 0 spiro atoms. The lowest BCUT2D eigenvalue weighted by Crippen LogP contribution is -2.53. The van der Waals surface area contributed by atoms with Gasteiger partial charge in [-0.15, -0.1) is 0 Å². The molecule has 1 atom stereocenters. The highest BCUT2D eigenvalue weighted by Gasteiger charge is 2.26. The highest BCUT2D eigenvalue weighted by Crippen LogP contribution is 2.16. The lowest BCUT2D eigenvalue weighted by atomic mass is 10.0. The van der Waals surface area contributed by atoms with Gasteiger partial charge in [-0.1, -0.05) is 42.5 Å². The second-order valence-electron chi connectivity index (χ2n) is 6.10. The van der Waals surface area contributed by atoms with Gasteiger partial charge in [-0.3, -0.25) is 9.59 Å². The minimum atomic E-state index is -0.911. The highest BCUT2D eigenvalue weighted by molar-refractivity contribution is 5.89. The Hall–Kier alpha value is -2.44. The van der Waals surface area contributed by atoms with Gasteiger partial charge in [0.1, 0.15) is 6.04 Å². The predicted molar refractivity (Wildman–Crippen MR) is 94.1 cm³/mol. The molecule has 0 radical (unpaired) electrons. The van der Waals surface area contributed by atoms with E-state index in [1.807, 2.05) is 42.5 Å². The van der Waals surface area contributed by atoms with Crippen LogP contribution in [0.2, 0.25) is 0 Å². The third kappa shape index (κ3) is 4.35. The quantitative estimate of drug-likeness (QED) is 0.839. The van der Waals surface area contributed by atoms with E-state index < -0.39 is 12.6 Å². The number of carbonyl (C=O) groups is 2. The lowest BCUT2D eigenvalue weighted by Gasteiger charge is -2.30. The number of amides is 2. The number of carbonyl (C=O) groups excluding carboxylic acids is 2. The number of morpholine rings is 1. The molecule has 25 heavy (non-hydrogen) atoms. The number of benzene rings is 2. The van der Waals surface area contributed by atoms with E-state index in [1.165, 1.54) is 0 Å². The summed E-state index contributed by atoms with van der Waals surface area (Å²) in [4.78, 5) is 26.3. The Kier molecular flexibility index (Phi) is 5.63. The maximum Gasteiger partial charge on any atom is 0.247 e. The van der Waals surface area contributed by atoms with Gasteiger partial charge < -0.3 is 20.1 Å². The first-order valence-corrected chi connectivity index (χ1v) is 8.42. The zero-order valence-corrected chi connectivity index (χ0v) is 14.0. The first-order valence-electron chi connectivity index (χ1n) is 8.42. The van der Waals surface area contributed by atoms with Crippen molar-refractivity contribution in [3.05, 3.63) is 48.0 Å². The molecule has 1 aliphatic rings. The van der Waals surface area contributed by atoms with Gasteiger partial charge >= 0.3 is 0 Å². The SMILES string of the molecule is O=C(Cc1ccc2ccccc2c1)NC(CO)C(=O)N1CCOCC1. The van der Waals surface area contributed by atoms with Gasteiger partial charge in [-0.05, 0) is 16.3 Å². The molecule has 1 fully saturated rings. The van der Waals surface area contributed by atoms with E-state index in [4.69, 9.17) is 4.74 Å². The van der Waals surface area contributed by atoms with Crippen molar-refractivity contribution in [1.82, 2.24) is 10.2 Å². The van der Waals surface area contributed by atoms with Gasteiger partial charge in [-0.25, -0.2) is 0 Å². The Labute approximate surface area is 146 Å². The minimum Gasteiger partial charge on any atom is -0.394 e. The van der Waals surface area contributed by atoms with Crippen LogP contribution in [-0.2, 0) is 20.7 Å². The van der Waals surface area contributed by atoms with Crippen LogP contribution in [-0.4, -0.2) is 60.8 Å². The fourth-order valence-electron chi connectivity index (χ4n) is 2.97. The molecule has 2 N–H and O–H groups in total. The molecule has 0 bridgehead atoms. The van der Waals surface area contributed by atoms with E-state index in [0.717, 1.165) is 16.3 Å². The largest absolute Gasteiger partial charge is 0.394 e. The molecular weight excluding hydrogens is 320 g/mol. The van der Waals surface area contributed by atoms with E-state index in [1.54, 1.807) is 4.90 Å². The van der Waals surface area contributed by atoms with Crippen LogP contribution in [0.4, 0.5) is 0 Å². The van der Waals surface area contributed by atoms with Crippen LogP contribution in [0.5, 0.6) is 0 Å². The number of hydrogen-bond acceptors (Lipinski definition) is 4. The number of fused-ring (bicyclic) bond motifs is 1. The summed E-state index contributed by atoms with van der Waals surface area (Å²) in [5.74, 6) is -0.548. The van der Waals surface area contributed by atoms with Gasteiger partial charge in [-0.2, -0.15) is 0 Å². The number of ether oxygens (including phenoxy) is 1. The fourth-order valence-corrected chi connectivity index (χ4v) is 2.97. The molecule has 1 saturated heterocycles. The van der Waals surface area contributed by atoms with Crippen LogP contribution < -0.4 is 5.32 Å². The van der Waals surface area contributed by atoms with Crippen LogP contribution in [0.1, 0.15) is 5.56 Å². The molecular formula is C19H22N2O4. The Morgan fingerprint density at radius 1 is 1.12 bits per heavy atom. The van der Waals surface area contributed by atoms with Gasteiger partial charge in [0.05, 0.1) is 26.2 Å². The summed E-state index contributed by atoms with van der Waals surface area (Å²) in [5.41, 5.74) is 0.867. The molecule has 1 unspecified atom stereocenters. The van der Waals surface area contributed by atoms with E-state index in [-0.39, 0.29) is 18.2 Å². The summed E-state index contributed by atoms with van der Waals surface area (Å²) in [6.45, 7) is 1.51. The van der Waals surface area contributed by atoms with E-state index in [0.29, 0.717) is 26.3 Å². The predicted octanol–water partition coefficient (Wildman–Crippen LogP) is 0.718. The average molecular weight is 342 g/mol. The molecule has 2 amide bonds. The molecule has 1 aliphatic heterocycles. The minimum absolute atomic E-state index is 0.164. The molecule has 1 heterocycles. The highest BCUT2D eigenvalue weighted by atomic mass is 16.5. The molecule has 0 aromatic heterocycles. The lowest BCUT2D eigenvalue weighted by molar-refractivity contribution is -0.140. The molecule has 3 rings (SSSR count). The van der Waals surface area contributed by atoms with Crippen LogP contribution in [0.3, 0.4) is 0 Å². The van der Waals surface area contributed by atoms with Gasteiger partial charge in [0.2, 0.25) is 11.8 Å². The summed E-state index contributed by atoms with van der Waals surface area (Å²) >= 11 is 0. The van der Waals surface area contributed by atoms with Crippen molar-refractivity contribution in [2.24, 2.45) is 0 Å². The smallest absolute Gasteiger partial charge is 0.247 e. The molecule has 2 aromatic carbocycles. The standard InChI is InChI=1S/C19H22N2O4/c22-13-17(19(24)21-7-9-25-10-8-21)20-18(23)12-14-5-6-15-3-1-2-4-16(15)11-14/h1-6,11,17,22H,7-10,12-13H2,(H,20,23). The van der Waals surface area contributed by atoms with E-state index in [2.05, 4.69) is 5.32 Å². The normalized spacial score (nSPS) is 15.8. The van der Waals surface area contributed by atoms with Crippen molar-refractivity contribution in [2.45, 2.75) is 12.5 Å². The summed E-state index contributed by atoms with van der Waals surface area (Å²) in [6, 6.07) is 12.9. The molecule has 6 nitrogen and oxygen atoms in total. The Bertz CT molecular complexity index is 756. The van der Waals surface area contributed by atoms with Crippen molar-refractivity contribution in [1.29, 1.82) is 0 Å². The number of aliphatic hydroxyl groups is 1. The molecule has 132 valence electrons. The van der Waals surface area contributed by atoms with Crippen molar-refractivity contribution in [3.63, 3.8) is 0 Å². The summed E-state index contributed by atoms with van der Waals surface area (Å²) < 4.78 is 5.21. The molecule has 2 aromatic rings. The Balaban J connectivity index is 1.62. The van der Waals surface area contributed by atoms with Gasteiger partial charge in [0, 0.05) is 13.1 Å². The van der Waals surface area contributed by atoms with Crippen molar-refractivity contribution >= 4 is 22.6 Å². The molecule has 6 heteroatoms. The third-order valence-corrected chi connectivity index (χ3v) is 4.32. The number of hydrogen-bond donors (Lipinski definition) is 2. The first kappa shape index (κ1) is 17.4. The summed E-state index contributed by atoms with van der Waals surface area (Å²) in [5, 5.41) is 14.3. The Morgan fingerprint density at radius 2 is 1.84 bits per heavy atom. The van der Waals surface area contributed by atoms with E-state index in [9.17, 15) is 14.7 Å². The molecule has 0 aliphatic carbocycles. The zero-order valence-electron chi connectivity index (χ0n) is 14.0. The van der Waals surface area contributed by atoms with Gasteiger partial charge in [0.15, 0.2) is 0 Å². The fraction of sp³-hybridized carbons (Fsp3) is 0.368. The monoisotopic (exact) mass is 342 g/mol. The number of aliphatic hydroxyl groups excluding tert-OH is 1. The average Bonchev–Trinajstić information content (AvgIpc) is 2.66. The molecule has 0 saturated carbocycles. The van der Waals surface area contributed by atoms with Crippen molar-refractivity contribution in [2.75, 3.05) is 32.9 Å². The van der Waals surface area contributed by atoms with Crippen LogP contribution >= 0.6 is 0 Å². The second kappa shape index (κ2) is 8.09. The Morgan fingerprint density at radius 3 is 2.56 bits per heavy atom. The van der Waals surface area contributed by atoms with Crippen molar-refractivity contribution in [3.8, 4) is 0 Å². The maximum atomic E-state index is 12.4. The van der Waals surface area contributed by atoms with Gasteiger partial charge in [0.25, 0.3) is 0 Å². The van der Waals surface area contributed by atoms with Crippen LogP contribution in [0.25, 0.3) is 10.8 Å². The maximum absolute atomic E-state index is 12.4. The topological polar surface area (TPSA) is 78.9 Å². The third-order valence-electron chi connectivity index (χ3n) is 4.32. The number of nitrogens with one attached hydrogen (secondary N) is 1. The van der Waals surface area contributed by atoms with Crippen LogP contribution in [0.15, 0.2) is 42.5 Å². The summed E-state index contributed by atoms with van der Waals surface area (Å²) in [6.07, 6.45) is 0.164. The second-order valence-corrected chi connectivity index (χ2v) is 6.10. The number of rotatable bonds is 5. The van der Waals surface area contributed by atoms with E-state index >= 15 is 0 Å². The number of nitrogens with zero attached hydrogens (tertiary/aromatic N) is 1. The van der Waals surface area contributed by atoms with Crippen LogP contribution in [0, 0.1) is 0 Å². The zero-order chi connectivity index (χ0) is 17.6.